The second-order valence-corrected chi connectivity index (χ2v) is 2.07. The maximum absolute atomic E-state index is 10.1. The first-order chi connectivity index (χ1) is 6.11. The number of nitro groups is 1. The molecule has 0 spiro atoms. The summed E-state index contributed by atoms with van der Waals surface area (Å²) in [5.74, 6) is 0. The van der Waals surface area contributed by atoms with E-state index >= 15 is 0 Å². The fourth-order valence-corrected chi connectivity index (χ4v) is 0.596. The summed E-state index contributed by atoms with van der Waals surface area (Å²) < 4.78 is 0. The first kappa shape index (κ1) is 10.9. The average molecular weight is 179 g/mol. The molecule has 13 heavy (non-hydrogen) atoms. The van der Waals surface area contributed by atoms with E-state index in [0.717, 1.165) is 0 Å². The van der Waals surface area contributed by atoms with Gasteiger partial charge in [0.05, 0.1) is 11.0 Å². The third kappa shape index (κ3) is 4.37. The van der Waals surface area contributed by atoms with E-state index in [9.17, 15) is 10.1 Å². The van der Waals surface area contributed by atoms with Crippen LogP contribution in [0.3, 0.4) is 0 Å². The fourth-order valence-electron chi connectivity index (χ4n) is 0.596. The minimum absolute atomic E-state index is 0.0641. The number of benzene rings is 1. The Hall–Kier alpha value is -2.09. The molecule has 0 unspecified atom stereocenters. The molecule has 0 aliphatic carbocycles. The molecule has 0 aromatic heterocycles. The van der Waals surface area contributed by atoms with Gasteiger partial charge in [-0.1, -0.05) is 0 Å². The van der Waals surface area contributed by atoms with Gasteiger partial charge in [0.1, 0.15) is 0 Å². The maximum Gasteiger partial charge on any atom is 0.269 e. The molecule has 68 valence electrons. The zero-order chi connectivity index (χ0) is 10.3. The molecule has 1 rings (SSSR count). The lowest BCUT2D eigenvalue weighted by Crippen LogP contribution is -1.88. The highest BCUT2D eigenvalue weighted by Gasteiger charge is 2.00. The molecule has 5 heteroatoms. The molecule has 0 aliphatic heterocycles. The van der Waals surface area contributed by atoms with Crippen molar-refractivity contribution in [3.63, 3.8) is 0 Å². The molecule has 0 radical (unpaired) electrons. The van der Waals surface area contributed by atoms with E-state index in [0.29, 0.717) is 5.69 Å². The van der Waals surface area contributed by atoms with Gasteiger partial charge in [0.15, 0.2) is 0 Å². The first-order valence-electron chi connectivity index (χ1n) is 3.42. The number of nitro benzene ring substituents is 1. The van der Waals surface area contributed by atoms with Gasteiger partial charge in [-0.2, -0.15) is 5.26 Å². The Bertz CT molecular complexity index is 313. The van der Waals surface area contributed by atoms with Gasteiger partial charge in [-0.25, -0.2) is 0 Å². The van der Waals surface area contributed by atoms with E-state index in [1.54, 1.807) is 6.07 Å². The quantitative estimate of drug-likeness (QED) is 0.403. The van der Waals surface area contributed by atoms with E-state index in [-0.39, 0.29) is 5.69 Å². The van der Waals surface area contributed by atoms with Crippen LogP contribution in [-0.4, -0.2) is 4.92 Å². The molecule has 1 aromatic rings. The number of anilines is 1. The molecule has 0 amide bonds. The van der Waals surface area contributed by atoms with Crippen molar-refractivity contribution >= 4 is 11.4 Å². The van der Waals surface area contributed by atoms with Gasteiger partial charge in [-0.15, -0.1) is 0 Å². The second kappa shape index (κ2) is 5.55. The van der Waals surface area contributed by atoms with Crippen LogP contribution >= 0.6 is 0 Å². The number of nitrogens with two attached hydrogens (primary N) is 1. The Kier molecular flexibility index (Phi) is 4.65. The van der Waals surface area contributed by atoms with Crippen LogP contribution < -0.4 is 5.73 Å². The molecule has 5 nitrogen and oxygen atoms in total. The molecule has 0 atom stereocenters. The van der Waals surface area contributed by atoms with E-state index in [2.05, 4.69) is 0 Å². The molecule has 0 fully saturated rings. The van der Waals surface area contributed by atoms with Crippen molar-refractivity contribution in [2.24, 2.45) is 0 Å². The van der Waals surface area contributed by atoms with Crippen LogP contribution in [0.5, 0.6) is 0 Å². The smallest absolute Gasteiger partial charge is 0.269 e. The largest absolute Gasteiger partial charge is 0.399 e. The molecule has 0 heterocycles. The van der Waals surface area contributed by atoms with Gasteiger partial charge in [0, 0.05) is 24.7 Å². The molecular weight excluding hydrogens is 170 g/mol. The van der Waals surface area contributed by atoms with Crippen molar-refractivity contribution in [3.8, 4) is 6.07 Å². The monoisotopic (exact) mass is 179 g/mol. The summed E-state index contributed by atoms with van der Waals surface area (Å²) in [6.07, 6.45) is 0. The lowest BCUT2D eigenvalue weighted by Gasteiger charge is -1.90. The van der Waals surface area contributed by atoms with Crippen LogP contribution in [0.15, 0.2) is 24.3 Å². The summed E-state index contributed by atoms with van der Waals surface area (Å²) in [6, 6.07) is 7.49. The normalized spacial score (nSPS) is 7.69. The molecular formula is C8H9N3O2. The summed E-state index contributed by atoms with van der Waals surface area (Å²) in [5.41, 5.74) is 5.90. The zero-order valence-corrected chi connectivity index (χ0v) is 7.10. The Balaban J connectivity index is 0.000000424. The molecule has 0 aliphatic rings. The lowest BCUT2D eigenvalue weighted by molar-refractivity contribution is -0.384. The van der Waals surface area contributed by atoms with Crippen LogP contribution in [0.1, 0.15) is 6.92 Å². The Morgan fingerprint density at radius 1 is 1.46 bits per heavy atom. The minimum atomic E-state index is -0.459. The summed E-state index contributed by atoms with van der Waals surface area (Å²) in [5, 5.41) is 17.4. The van der Waals surface area contributed by atoms with Crippen LogP contribution in [0.2, 0.25) is 0 Å². The van der Waals surface area contributed by atoms with Crippen LogP contribution in [0.4, 0.5) is 11.4 Å². The van der Waals surface area contributed by atoms with Crippen molar-refractivity contribution < 1.29 is 4.92 Å². The van der Waals surface area contributed by atoms with Gasteiger partial charge in [0.25, 0.3) is 5.69 Å². The maximum atomic E-state index is 10.1. The van der Waals surface area contributed by atoms with E-state index in [1.165, 1.54) is 31.2 Å². The average Bonchev–Trinajstić information content (AvgIpc) is 2.06. The summed E-state index contributed by atoms with van der Waals surface area (Å²) in [4.78, 5) is 9.62. The Morgan fingerprint density at radius 2 is 1.85 bits per heavy atom. The SMILES string of the molecule is CC#N.Nc1ccc([N+](=O)[O-])cc1. The van der Waals surface area contributed by atoms with Crippen molar-refractivity contribution in [3.05, 3.63) is 34.4 Å². The van der Waals surface area contributed by atoms with Crippen molar-refractivity contribution in [2.45, 2.75) is 6.92 Å². The predicted molar refractivity (Wildman–Crippen MR) is 48.8 cm³/mol. The molecule has 0 saturated carbocycles. The van der Waals surface area contributed by atoms with Crippen molar-refractivity contribution in [2.75, 3.05) is 5.73 Å². The summed E-state index contributed by atoms with van der Waals surface area (Å²) in [7, 11) is 0. The van der Waals surface area contributed by atoms with Crippen molar-refractivity contribution in [1.29, 1.82) is 5.26 Å². The van der Waals surface area contributed by atoms with Gasteiger partial charge >= 0.3 is 0 Å². The highest BCUT2D eigenvalue weighted by molar-refractivity contribution is 5.44. The minimum Gasteiger partial charge on any atom is -0.399 e. The van der Waals surface area contributed by atoms with Crippen molar-refractivity contribution in [1.82, 2.24) is 0 Å². The number of hydrogen-bond donors (Lipinski definition) is 1. The van der Waals surface area contributed by atoms with Crippen LogP contribution in [-0.2, 0) is 0 Å². The Morgan fingerprint density at radius 3 is 2.15 bits per heavy atom. The lowest BCUT2D eigenvalue weighted by atomic mass is 10.3. The van der Waals surface area contributed by atoms with E-state index in [1.807, 2.05) is 0 Å². The van der Waals surface area contributed by atoms with Gasteiger partial charge < -0.3 is 5.73 Å². The molecule has 0 saturated heterocycles. The van der Waals surface area contributed by atoms with Crippen LogP contribution in [0, 0.1) is 21.4 Å². The molecule has 1 aromatic carbocycles. The molecule has 2 N–H and O–H groups in total. The Labute approximate surface area is 75.6 Å². The zero-order valence-electron chi connectivity index (χ0n) is 7.10. The third-order valence-corrected chi connectivity index (χ3v) is 1.10. The van der Waals surface area contributed by atoms with E-state index < -0.39 is 4.92 Å². The van der Waals surface area contributed by atoms with Gasteiger partial charge in [-0.3, -0.25) is 10.1 Å². The van der Waals surface area contributed by atoms with Crippen LogP contribution in [0.25, 0.3) is 0 Å². The first-order valence-corrected chi connectivity index (χ1v) is 3.42. The summed E-state index contributed by atoms with van der Waals surface area (Å²) in [6.45, 7) is 1.43. The highest BCUT2D eigenvalue weighted by atomic mass is 16.6. The van der Waals surface area contributed by atoms with Gasteiger partial charge in [0.2, 0.25) is 0 Å². The fraction of sp³-hybridized carbons (Fsp3) is 0.125. The number of rotatable bonds is 1. The van der Waals surface area contributed by atoms with E-state index in [4.69, 9.17) is 11.0 Å². The number of nitrogens with zero attached hydrogens (tertiary/aromatic N) is 2. The van der Waals surface area contributed by atoms with Gasteiger partial charge in [-0.05, 0) is 12.1 Å². The number of hydrogen-bond acceptors (Lipinski definition) is 4. The standard InChI is InChI=1S/C6H6N2O2.C2H3N/c7-5-1-3-6(4-2-5)8(9)10;1-2-3/h1-4H,7H2;1H3. The third-order valence-electron chi connectivity index (χ3n) is 1.10. The highest BCUT2D eigenvalue weighted by Crippen LogP contribution is 2.11. The molecule has 0 bridgehead atoms. The number of non-ortho nitro benzene ring substituents is 1. The predicted octanol–water partition coefficient (Wildman–Crippen LogP) is 1.71. The topological polar surface area (TPSA) is 93.0 Å². The number of nitriles is 1. The summed E-state index contributed by atoms with van der Waals surface area (Å²) >= 11 is 0. The second-order valence-electron chi connectivity index (χ2n) is 2.07. The number of nitrogen functional groups attached to an aromatic ring is 1.